The van der Waals surface area contributed by atoms with E-state index in [0.717, 1.165) is 5.56 Å². The highest BCUT2D eigenvalue weighted by molar-refractivity contribution is 5.69. The maximum Gasteiger partial charge on any atom is 0.308 e. The molecule has 0 bridgehead atoms. The SMILES string of the molecule is COc1ccccc1Cn1[nH]cc(CC(=O)O)c1=O. The van der Waals surface area contributed by atoms with Crippen molar-refractivity contribution in [1.82, 2.24) is 9.78 Å². The van der Waals surface area contributed by atoms with E-state index in [1.807, 2.05) is 24.3 Å². The van der Waals surface area contributed by atoms with Crippen LogP contribution >= 0.6 is 0 Å². The van der Waals surface area contributed by atoms with Crippen molar-refractivity contribution < 1.29 is 14.6 Å². The molecule has 0 radical (unpaired) electrons. The van der Waals surface area contributed by atoms with Crippen LogP contribution in [-0.4, -0.2) is 28.0 Å². The van der Waals surface area contributed by atoms with Gasteiger partial charge in [-0.2, -0.15) is 0 Å². The molecule has 1 aromatic carbocycles. The van der Waals surface area contributed by atoms with Gasteiger partial charge in [0, 0.05) is 17.3 Å². The number of hydrogen-bond donors (Lipinski definition) is 2. The van der Waals surface area contributed by atoms with Gasteiger partial charge in [-0.25, -0.2) is 4.68 Å². The predicted molar refractivity (Wildman–Crippen MR) is 68.5 cm³/mol. The third-order valence-corrected chi connectivity index (χ3v) is 2.78. The summed E-state index contributed by atoms with van der Waals surface area (Å²) in [5.41, 5.74) is 0.756. The highest BCUT2D eigenvalue weighted by atomic mass is 16.5. The first-order chi connectivity index (χ1) is 9.11. The van der Waals surface area contributed by atoms with Crippen LogP contribution in [0.1, 0.15) is 11.1 Å². The maximum atomic E-state index is 11.9. The zero-order valence-corrected chi connectivity index (χ0v) is 10.4. The van der Waals surface area contributed by atoms with Gasteiger partial charge in [-0.15, -0.1) is 0 Å². The molecule has 6 nitrogen and oxygen atoms in total. The fourth-order valence-electron chi connectivity index (χ4n) is 1.86. The third kappa shape index (κ3) is 2.85. The van der Waals surface area contributed by atoms with Gasteiger partial charge in [0.15, 0.2) is 0 Å². The van der Waals surface area contributed by atoms with E-state index in [4.69, 9.17) is 9.84 Å². The molecule has 2 aromatic rings. The summed E-state index contributed by atoms with van der Waals surface area (Å²) in [7, 11) is 1.56. The summed E-state index contributed by atoms with van der Waals surface area (Å²) in [6.07, 6.45) is 1.14. The molecule has 1 heterocycles. The van der Waals surface area contributed by atoms with Crippen LogP contribution in [0.25, 0.3) is 0 Å². The number of rotatable bonds is 5. The minimum atomic E-state index is -1.03. The first-order valence-electron chi connectivity index (χ1n) is 5.72. The van der Waals surface area contributed by atoms with Crippen molar-refractivity contribution in [3.05, 3.63) is 51.9 Å². The molecule has 0 amide bonds. The molecule has 0 saturated heterocycles. The Hall–Kier alpha value is -2.50. The van der Waals surface area contributed by atoms with Crippen LogP contribution in [0.4, 0.5) is 0 Å². The number of aliphatic carboxylic acids is 1. The molecule has 1 aromatic heterocycles. The summed E-state index contributed by atoms with van der Waals surface area (Å²) in [4.78, 5) is 22.5. The Balaban J connectivity index is 2.27. The van der Waals surface area contributed by atoms with Crippen LogP contribution in [0.2, 0.25) is 0 Å². The Morgan fingerprint density at radius 2 is 2.11 bits per heavy atom. The highest BCUT2D eigenvalue weighted by Crippen LogP contribution is 2.17. The number of ether oxygens (including phenoxy) is 1. The van der Waals surface area contributed by atoms with Crippen LogP contribution < -0.4 is 10.3 Å². The standard InChI is InChI=1S/C13H14N2O4/c1-19-11-5-3-2-4-9(11)8-15-13(18)10(7-14-15)6-12(16)17/h2-5,7,14H,6,8H2,1H3,(H,16,17). The van der Waals surface area contributed by atoms with Crippen molar-refractivity contribution in [2.45, 2.75) is 13.0 Å². The molecule has 0 fully saturated rings. The number of H-pyrrole nitrogens is 1. The van der Waals surface area contributed by atoms with Crippen LogP contribution in [0.15, 0.2) is 35.3 Å². The first kappa shape index (κ1) is 12.9. The quantitative estimate of drug-likeness (QED) is 0.837. The number of nitrogens with one attached hydrogen (secondary N) is 1. The Bertz CT molecular complexity index is 642. The molecule has 0 aliphatic rings. The summed E-state index contributed by atoms with van der Waals surface area (Å²) < 4.78 is 6.56. The van der Waals surface area contributed by atoms with Gasteiger partial charge in [-0.1, -0.05) is 18.2 Å². The van der Waals surface area contributed by atoms with Crippen LogP contribution in [0.3, 0.4) is 0 Å². The Kier molecular flexibility index (Phi) is 3.70. The van der Waals surface area contributed by atoms with E-state index >= 15 is 0 Å². The van der Waals surface area contributed by atoms with Gasteiger partial charge in [0.05, 0.1) is 20.1 Å². The molecule has 0 atom stereocenters. The number of nitrogens with zero attached hydrogens (tertiary/aromatic N) is 1. The molecule has 2 rings (SSSR count). The summed E-state index contributed by atoms with van der Waals surface area (Å²) in [6, 6.07) is 7.35. The molecule has 0 unspecified atom stereocenters. The number of methoxy groups -OCH3 is 1. The van der Waals surface area contributed by atoms with Gasteiger partial charge in [-0.3, -0.25) is 9.59 Å². The van der Waals surface area contributed by atoms with Crippen LogP contribution in [0.5, 0.6) is 5.75 Å². The van der Waals surface area contributed by atoms with Crippen molar-refractivity contribution in [3.63, 3.8) is 0 Å². The minimum absolute atomic E-state index is 0.238. The van der Waals surface area contributed by atoms with E-state index in [9.17, 15) is 9.59 Å². The van der Waals surface area contributed by atoms with E-state index in [2.05, 4.69) is 5.10 Å². The number of hydrogen-bond acceptors (Lipinski definition) is 3. The van der Waals surface area contributed by atoms with Crippen molar-refractivity contribution >= 4 is 5.97 Å². The lowest BCUT2D eigenvalue weighted by atomic mass is 10.2. The molecule has 100 valence electrons. The smallest absolute Gasteiger partial charge is 0.308 e. The van der Waals surface area contributed by atoms with Gasteiger partial charge in [-0.05, 0) is 6.07 Å². The minimum Gasteiger partial charge on any atom is -0.496 e. The topological polar surface area (TPSA) is 84.3 Å². The lowest BCUT2D eigenvalue weighted by molar-refractivity contribution is -0.136. The van der Waals surface area contributed by atoms with Gasteiger partial charge in [0.2, 0.25) is 0 Å². The van der Waals surface area contributed by atoms with Crippen molar-refractivity contribution in [3.8, 4) is 5.75 Å². The lowest BCUT2D eigenvalue weighted by Crippen LogP contribution is -2.21. The summed E-state index contributed by atoms with van der Waals surface area (Å²) >= 11 is 0. The number of aromatic nitrogens is 2. The zero-order valence-electron chi connectivity index (χ0n) is 10.4. The van der Waals surface area contributed by atoms with E-state index in [-0.39, 0.29) is 17.5 Å². The average molecular weight is 262 g/mol. The lowest BCUT2D eigenvalue weighted by Gasteiger charge is -2.07. The predicted octanol–water partition coefficient (Wildman–Crippen LogP) is 0.860. The number of carboxylic acid groups (broad SMARTS) is 1. The third-order valence-electron chi connectivity index (χ3n) is 2.78. The highest BCUT2D eigenvalue weighted by Gasteiger charge is 2.11. The second kappa shape index (κ2) is 5.43. The Morgan fingerprint density at radius 1 is 1.37 bits per heavy atom. The molecule has 6 heteroatoms. The van der Waals surface area contributed by atoms with Crippen LogP contribution in [-0.2, 0) is 17.8 Å². The van der Waals surface area contributed by atoms with Gasteiger partial charge in [0.1, 0.15) is 5.75 Å². The summed E-state index contributed by atoms with van der Waals surface area (Å²) in [6.45, 7) is 0.308. The number of benzene rings is 1. The fourth-order valence-corrected chi connectivity index (χ4v) is 1.86. The number of carboxylic acids is 1. The molecule has 0 aliphatic carbocycles. The number of para-hydroxylation sites is 1. The largest absolute Gasteiger partial charge is 0.496 e. The zero-order chi connectivity index (χ0) is 13.8. The molecular formula is C13H14N2O4. The van der Waals surface area contributed by atoms with Gasteiger partial charge >= 0.3 is 5.97 Å². The monoisotopic (exact) mass is 262 g/mol. The second-order valence-electron chi connectivity index (χ2n) is 4.07. The second-order valence-corrected chi connectivity index (χ2v) is 4.07. The van der Waals surface area contributed by atoms with Gasteiger partial charge in [0.25, 0.3) is 5.56 Å². The van der Waals surface area contributed by atoms with Crippen molar-refractivity contribution in [2.24, 2.45) is 0 Å². The van der Waals surface area contributed by atoms with E-state index in [1.54, 1.807) is 7.11 Å². The maximum absolute atomic E-state index is 11.9. The first-order valence-corrected chi connectivity index (χ1v) is 5.72. The molecule has 0 saturated carbocycles. The van der Waals surface area contributed by atoms with Gasteiger partial charge < -0.3 is 14.9 Å². The van der Waals surface area contributed by atoms with Crippen LogP contribution in [0, 0.1) is 0 Å². The molecule has 19 heavy (non-hydrogen) atoms. The Labute approximate surface area is 109 Å². The number of aromatic amines is 1. The van der Waals surface area contributed by atoms with Crippen molar-refractivity contribution in [1.29, 1.82) is 0 Å². The molecule has 2 N–H and O–H groups in total. The van der Waals surface area contributed by atoms with Crippen molar-refractivity contribution in [2.75, 3.05) is 7.11 Å². The van der Waals surface area contributed by atoms with E-state index in [0.29, 0.717) is 12.3 Å². The molecule has 0 spiro atoms. The molecule has 0 aliphatic heterocycles. The summed E-state index contributed by atoms with van der Waals surface area (Å²) in [5, 5.41) is 11.5. The number of carbonyl (C=O) groups is 1. The average Bonchev–Trinajstić information content (AvgIpc) is 2.72. The normalized spacial score (nSPS) is 10.4. The summed E-state index contributed by atoms with van der Waals surface area (Å²) in [5.74, 6) is -0.343. The van der Waals surface area contributed by atoms with E-state index < -0.39 is 5.97 Å². The Morgan fingerprint density at radius 3 is 2.79 bits per heavy atom. The van der Waals surface area contributed by atoms with E-state index in [1.165, 1.54) is 10.9 Å². The molecular weight excluding hydrogens is 248 g/mol. The fraction of sp³-hybridized carbons (Fsp3) is 0.231.